The van der Waals surface area contributed by atoms with E-state index < -0.39 is 0 Å². The average Bonchev–Trinajstić information content (AvgIpc) is 2.45. The molecule has 0 bridgehead atoms. The van der Waals surface area contributed by atoms with Gasteiger partial charge in [-0.2, -0.15) is 0 Å². The number of ether oxygens (including phenoxy) is 1. The van der Waals surface area contributed by atoms with Gasteiger partial charge in [0.15, 0.2) is 5.13 Å². The van der Waals surface area contributed by atoms with Crippen molar-refractivity contribution in [1.29, 1.82) is 0 Å². The van der Waals surface area contributed by atoms with Crippen molar-refractivity contribution in [3.8, 4) is 0 Å². The number of hydrogen-bond donors (Lipinski definition) is 1. The zero-order valence-electron chi connectivity index (χ0n) is 9.66. The number of nitrogens with zero attached hydrogens (tertiary/aromatic N) is 1. The predicted octanol–water partition coefficient (Wildman–Crippen LogP) is 2.94. The average molecular weight is 246 g/mol. The highest BCUT2D eigenvalue weighted by Gasteiger charge is 2.16. The molecule has 0 aliphatic heterocycles. The van der Waals surface area contributed by atoms with Crippen molar-refractivity contribution in [3.63, 3.8) is 0 Å². The summed E-state index contributed by atoms with van der Waals surface area (Å²) in [5.74, 6) is 1.03. The molecule has 0 aliphatic rings. The van der Waals surface area contributed by atoms with Crippen molar-refractivity contribution in [3.05, 3.63) is 5.69 Å². The Kier molecular flexibility index (Phi) is 4.43. The summed E-state index contributed by atoms with van der Waals surface area (Å²) in [5, 5.41) is 0.654. The second-order valence-corrected chi connectivity index (χ2v) is 6.38. The third kappa shape index (κ3) is 4.01. The number of thioether (sulfide) groups is 1. The van der Waals surface area contributed by atoms with Crippen molar-refractivity contribution < 1.29 is 4.74 Å². The van der Waals surface area contributed by atoms with Gasteiger partial charge in [-0.3, -0.25) is 0 Å². The van der Waals surface area contributed by atoms with Crippen LogP contribution in [0, 0.1) is 6.92 Å². The minimum Gasteiger partial charge on any atom is -0.379 e. The lowest BCUT2D eigenvalue weighted by Gasteiger charge is -2.22. The summed E-state index contributed by atoms with van der Waals surface area (Å²) < 4.78 is 6.58. The number of thiazole rings is 1. The van der Waals surface area contributed by atoms with Crippen molar-refractivity contribution in [2.24, 2.45) is 0 Å². The highest BCUT2D eigenvalue weighted by Crippen LogP contribution is 2.32. The van der Waals surface area contributed by atoms with Gasteiger partial charge in [-0.1, -0.05) is 11.3 Å². The minimum absolute atomic E-state index is 0.0445. The van der Waals surface area contributed by atoms with E-state index in [1.54, 1.807) is 30.2 Å². The number of nitrogens with two attached hydrogens (primary N) is 1. The zero-order valence-corrected chi connectivity index (χ0v) is 11.3. The van der Waals surface area contributed by atoms with Gasteiger partial charge < -0.3 is 10.5 Å². The molecule has 5 heteroatoms. The van der Waals surface area contributed by atoms with Crippen LogP contribution >= 0.6 is 23.1 Å². The molecule has 0 unspecified atom stereocenters. The standard InChI is InChI=1S/C10H18N2OS2/c1-7-8(15-9(11)12-7)14-6-5-10(2,3)13-4/h5-6H2,1-4H3,(H2,11,12). The molecule has 0 saturated carbocycles. The number of aromatic nitrogens is 1. The number of nitrogen functional groups attached to an aromatic ring is 1. The lowest BCUT2D eigenvalue weighted by Crippen LogP contribution is -2.22. The third-order valence-electron chi connectivity index (χ3n) is 2.26. The van der Waals surface area contributed by atoms with Gasteiger partial charge in [0, 0.05) is 12.9 Å². The van der Waals surface area contributed by atoms with Crippen LogP contribution in [0.5, 0.6) is 0 Å². The maximum atomic E-state index is 5.63. The highest BCUT2D eigenvalue weighted by molar-refractivity contribution is 8.01. The highest BCUT2D eigenvalue weighted by atomic mass is 32.2. The Labute approximate surface area is 99.4 Å². The maximum Gasteiger partial charge on any atom is 0.181 e. The first-order chi connectivity index (χ1) is 6.94. The van der Waals surface area contributed by atoms with Crippen molar-refractivity contribution in [1.82, 2.24) is 4.98 Å². The summed E-state index contributed by atoms with van der Waals surface area (Å²) in [4.78, 5) is 4.19. The van der Waals surface area contributed by atoms with Gasteiger partial charge in [0.2, 0.25) is 0 Å². The molecular formula is C10H18N2OS2. The largest absolute Gasteiger partial charge is 0.379 e. The van der Waals surface area contributed by atoms with Gasteiger partial charge >= 0.3 is 0 Å². The molecule has 3 nitrogen and oxygen atoms in total. The second kappa shape index (κ2) is 5.18. The van der Waals surface area contributed by atoms with Gasteiger partial charge in [-0.25, -0.2) is 4.98 Å². The molecule has 0 fully saturated rings. The minimum atomic E-state index is -0.0445. The van der Waals surface area contributed by atoms with Gasteiger partial charge in [0.1, 0.15) is 0 Å². The molecule has 0 radical (unpaired) electrons. The monoisotopic (exact) mass is 246 g/mol. The fourth-order valence-electron chi connectivity index (χ4n) is 1.03. The van der Waals surface area contributed by atoms with Crippen LogP contribution in [0.3, 0.4) is 0 Å². The van der Waals surface area contributed by atoms with Crippen molar-refractivity contribution in [2.75, 3.05) is 18.6 Å². The summed E-state index contributed by atoms with van der Waals surface area (Å²) in [6.45, 7) is 6.19. The number of anilines is 1. The molecule has 0 aliphatic carbocycles. The van der Waals surface area contributed by atoms with Gasteiger partial charge in [0.05, 0.1) is 15.5 Å². The summed E-state index contributed by atoms with van der Waals surface area (Å²) in [6, 6.07) is 0. The van der Waals surface area contributed by atoms with E-state index in [9.17, 15) is 0 Å². The summed E-state index contributed by atoms with van der Waals surface area (Å²) in [6.07, 6.45) is 1.02. The maximum absolute atomic E-state index is 5.63. The second-order valence-electron chi connectivity index (χ2n) is 3.99. The molecular weight excluding hydrogens is 228 g/mol. The third-order valence-corrected chi connectivity index (χ3v) is 4.61. The normalized spacial score (nSPS) is 12.0. The Morgan fingerprint density at radius 3 is 2.67 bits per heavy atom. The van der Waals surface area contributed by atoms with E-state index in [4.69, 9.17) is 10.5 Å². The summed E-state index contributed by atoms with van der Waals surface area (Å²) in [7, 11) is 1.75. The molecule has 0 amide bonds. The van der Waals surface area contributed by atoms with Crippen molar-refractivity contribution in [2.45, 2.75) is 37.0 Å². The van der Waals surface area contributed by atoms with E-state index >= 15 is 0 Å². The van der Waals surface area contributed by atoms with Gasteiger partial charge in [-0.05, 0) is 27.2 Å². The van der Waals surface area contributed by atoms with Crippen LogP contribution in [0.25, 0.3) is 0 Å². The Morgan fingerprint density at radius 1 is 1.53 bits per heavy atom. The number of rotatable bonds is 5. The lowest BCUT2D eigenvalue weighted by atomic mass is 10.1. The van der Waals surface area contributed by atoms with Crippen LogP contribution in [-0.2, 0) is 4.74 Å². The molecule has 2 N–H and O–H groups in total. The Bertz CT molecular complexity index is 323. The SMILES string of the molecule is COC(C)(C)CCSc1sc(N)nc1C. The van der Waals surface area contributed by atoms with E-state index in [-0.39, 0.29) is 5.60 Å². The van der Waals surface area contributed by atoms with Crippen LogP contribution in [0.1, 0.15) is 26.0 Å². The fourth-order valence-corrected chi connectivity index (χ4v) is 3.37. The van der Waals surface area contributed by atoms with Crippen molar-refractivity contribution >= 4 is 28.2 Å². The van der Waals surface area contributed by atoms with E-state index in [1.165, 1.54) is 4.21 Å². The van der Waals surface area contributed by atoms with Crippen LogP contribution < -0.4 is 5.73 Å². The number of aryl methyl sites for hydroxylation is 1. The van der Waals surface area contributed by atoms with E-state index in [2.05, 4.69) is 18.8 Å². The smallest absolute Gasteiger partial charge is 0.181 e. The summed E-state index contributed by atoms with van der Waals surface area (Å²) >= 11 is 3.37. The molecule has 0 spiro atoms. The summed E-state index contributed by atoms with van der Waals surface area (Å²) in [5.41, 5.74) is 6.63. The Hall–Kier alpha value is -0.260. The molecule has 15 heavy (non-hydrogen) atoms. The quantitative estimate of drug-likeness (QED) is 0.812. The first-order valence-corrected chi connectivity index (χ1v) is 6.65. The topological polar surface area (TPSA) is 48.1 Å². The molecule has 1 rings (SSSR count). The van der Waals surface area contributed by atoms with Gasteiger partial charge in [-0.15, -0.1) is 11.8 Å². The molecule has 0 aromatic carbocycles. The molecule has 1 aromatic heterocycles. The molecule has 86 valence electrons. The first kappa shape index (κ1) is 12.8. The van der Waals surface area contributed by atoms with Crippen LogP contribution in [0.4, 0.5) is 5.13 Å². The molecule has 1 heterocycles. The van der Waals surface area contributed by atoms with Gasteiger partial charge in [0.25, 0.3) is 0 Å². The molecule has 1 aromatic rings. The first-order valence-electron chi connectivity index (χ1n) is 4.85. The van der Waals surface area contributed by atoms with Crippen LogP contribution in [-0.4, -0.2) is 23.4 Å². The molecule has 0 saturated heterocycles. The fraction of sp³-hybridized carbons (Fsp3) is 0.700. The van der Waals surface area contributed by atoms with E-state index in [0.717, 1.165) is 17.9 Å². The van der Waals surface area contributed by atoms with Crippen LogP contribution in [0.2, 0.25) is 0 Å². The number of hydrogen-bond acceptors (Lipinski definition) is 5. The Morgan fingerprint density at radius 2 is 2.20 bits per heavy atom. The van der Waals surface area contributed by atoms with Crippen LogP contribution in [0.15, 0.2) is 4.21 Å². The van der Waals surface area contributed by atoms with E-state index in [1.807, 2.05) is 6.92 Å². The zero-order chi connectivity index (χ0) is 11.5. The Balaban J connectivity index is 2.41. The number of methoxy groups -OCH3 is 1. The van der Waals surface area contributed by atoms with E-state index in [0.29, 0.717) is 5.13 Å². The molecule has 0 atom stereocenters. The predicted molar refractivity (Wildman–Crippen MR) is 67.7 cm³/mol. The lowest BCUT2D eigenvalue weighted by molar-refractivity contribution is 0.0207.